The molecule has 0 aliphatic heterocycles. The van der Waals surface area contributed by atoms with Gasteiger partial charge in [-0.25, -0.2) is 17.6 Å². The monoisotopic (exact) mass is 279 g/mol. The van der Waals surface area contributed by atoms with Crippen LogP contribution < -0.4 is 0 Å². The Morgan fingerprint density at radius 3 is 2.21 bits per heavy atom. The van der Waals surface area contributed by atoms with E-state index < -0.39 is 30.7 Å². The van der Waals surface area contributed by atoms with Crippen molar-refractivity contribution in [2.45, 2.75) is 32.4 Å². The highest BCUT2D eigenvalue weighted by molar-refractivity contribution is 5.20. The molecule has 1 aromatic carbocycles. The SMILES string of the molecule is CC(C)N(CC(F)F)CC(O)c1ccc(F)c(F)c1. The van der Waals surface area contributed by atoms with E-state index in [4.69, 9.17) is 0 Å². The average Bonchev–Trinajstić information content (AvgIpc) is 2.31. The molecule has 1 unspecified atom stereocenters. The Hall–Kier alpha value is -1.14. The van der Waals surface area contributed by atoms with Gasteiger partial charge >= 0.3 is 0 Å². The van der Waals surface area contributed by atoms with Gasteiger partial charge in [0.2, 0.25) is 0 Å². The molecule has 2 nitrogen and oxygen atoms in total. The van der Waals surface area contributed by atoms with Crippen molar-refractivity contribution in [3.8, 4) is 0 Å². The van der Waals surface area contributed by atoms with Crippen molar-refractivity contribution in [1.29, 1.82) is 0 Å². The number of rotatable bonds is 6. The summed E-state index contributed by atoms with van der Waals surface area (Å²) in [4.78, 5) is 1.39. The van der Waals surface area contributed by atoms with Crippen LogP contribution in [0.1, 0.15) is 25.5 Å². The summed E-state index contributed by atoms with van der Waals surface area (Å²) in [6.07, 6.45) is -3.66. The van der Waals surface area contributed by atoms with Crippen LogP contribution in [0.5, 0.6) is 0 Å². The van der Waals surface area contributed by atoms with Gasteiger partial charge in [0.1, 0.15) is 0 Å². The van der Waals surface area contributed by atoms with Gasteiger partial charge in [0, 0.05) is 12.6 Å². The van der Waals surface area contributed by atoms with Crippen LogP contribution in [0.25, 0.3) is 0 Å². The zero-order chi connectivity index (χ0) is 14.6. The molecule has 0 aliphatic carbocycles. The van der Waals surface area contributed by atoms with Gasteiger partial charge < -0.3 is 5.11 Å². The van der Waals surface area contributed by atoms with Crippen molar-refractivity contribution >= 4 is 0 Å². The third-order valence-electron chi connectivity index (χ3n) is 2.84. The Morgan fingerprint density at radius 2 is 1.74 bits per heavy atom. The third kappa shape index (κ3) is 4.80. The van der Waals surface area contributed by atoms with E-state index in [0.29, 0.717) is 0 Å². The summed E-state index contributed by atoms with van der Waals surface area (Å²) in [6.45, 7) is 2.91. The first-order chi connectivity index (χ1) is 8.81. The standard InChI is InChI=1S/C13H17F4NO/c1-8(2)18(7-13(16)17)6-12(19)9-3-4-10(14)11(15)5-9/h3-5,8,12-13,19H,6-7H2,1-2H3. The second-order valence-corrected chi connectivity index (χ2v) is 4.63. The summed E-state index contributed by atoms with van der Waals surface area (Å²) in [5.41, 5.74) is 0.166. The molecule has 0 saturated heterocycles. The zero-order valence-corrected chi connectivity index (χ0v) is 10.8. The Bertz CT molecular complexity index is 412. The number of hydrogen-bond acceptors (Lipinski definition) is 2. The van der Waals surface area contributed by atoms with Gasteiger partial charge in [0.15, 0.2) is 11.6 Å². The first-order valence-corrected chi connectivity index (χ1v) is 5.96. The highest BCUT2D eigenvalue weighted by Gasteiger charge is 2.20. The maximum Gasteiger partial charge on any atom is 0.251 e. The van der Waals surface area contributed by atoms with Gasteiger partial charge in [-0.15, -0.1) is 0 Å². The maximum absolute atomic E-state index is 13.0. The molecule has 0 radical (unpaired) electrons. The van der Waals surface area contributed by atoms with Gasteiger partial charge in [0.05, 0.1) is 12.6 Å². The molecule has 0 spiro atoms. The third-order valence-corrected chi connectivity index (χ3v) is 2.84. The summed E-state index contributed by atoms with van der Waals surface area (Å²) in [7, 11) is 0. The summed E-state index contributed by atoms with van der Waals surface area (Å²) >= 11 is 0. The van der Waals surface area contributed by atoms with Crippen molar-refractivity contribution in [3.63, 3.8) is 0 Å². The molecule has 0 fully saturated rings. The number of alkyl halides is 2. The fourth-order valence-electron chi connectivity index (χ4n) is 1.72. The number of aliphatic hydroxyl groups is 1. The average molecular weight is 279 g/mol. The van der Waals surface area contributed by atoms with Crippen LogP contribution in [0.3, 0.4) is 0 Å². The second kappa shape index (κ2) is 6.86. The van der Waals surface area contributed by atoms with Crippen molar-refractivity contribution in [1.82, 2.24) is 4.90 Å². The molecule has 1 N–H and O–H groups in total. The summed E-state index contributed by atoms with van der Waals surface area (Å²) in [5.74, 6) is -2.08. The predicted octanol–water partition coefficient (Wildman–Crippen LogP) is 2.97. The van der Waals surface area contributed by atoms with E-state index >= 15 is 0 Å². The van der Waals surface area contributed by atoms with Crippen molar-refractivity contribution in [2.75, 3.05) is 13.1 Å². The molecule has 1 atom stereocenters. The fourth-order valence-corrected chi connectivity index (χ4v) is 1.72. The van der Waals surface area contributed by atoms with E-state index in [2.05, 4.69) is 0 Å². The molecule has 0 heterocycles. The smallest absolute Gasteiger partial charge is 0.251 e. The minimum absolute atomic E-state index is 0.0624. The first kappa shape index (κ1) is 15.9. The molecule has 0 saturated carbocycles. The summed E-state index contributed by atoms with van der Waals surface area (Å²) < 4.78 is 50.5. The molecule has 0 aromatic heterocycles. The molecule has 1 rings (SSSR count). The largest absolute Gasteiger partial charge is 0.387 e. The van der Waals surface area contributed by atoms with Crippen LogP contribution in [0.2, 0.25) is 0 Å². The molecule has 108 valence electrons. The number of aliphatic hydroxyl groups excluding tert-OH is 1. The first-order valence-electron chi connectivity index (χ1n) is 5.96. The number of hydrogen-bond donors (Lipinski definition) is 1. The van der Waals surface area contributed by atoms with E-state index in [9.17, 15) is 22.7 Å². The van der Waals surface area contributed by atoms with E-state index in [1.54, 1.807) is 13.8 Å². The molecule has 1 aromatic rings. The normalized spacial score (nSPS) is 13.6. The second-order valence-electron chi connectivity index (χ2n) is 4.63. The lowest BCUT2D eigenvalue weighted by molar-refractivity contribution is 0.0389. The highest BCUT2D eigenvalue weighted by Crippen LogP contribution is 2.19. The van der Waals surface area contributed by atoms with Gasteiger partial charge in [-0.05, 0) is 31.5 Å². The lowest BCUT2D eigenvalue weighted by Crippen LogP contribution is -2.38. The minimum atomic E-state index is -2.51. The quantitative estimate of drug-likeness (QED) is 0.809. The molecule has 19 heavy (non-hydrogen) atoms. The minimum Gasteiger partial charge on any atom is -0.387 e. The van der Waals surface area contributed by atoms with E-state index in [1.807, 2.05) is 0 Å². The van der Waals surface area contributed by atoms with Crippen LogP contribution >= 0.6 is 0 Å². The van der Waals surface area contributed by atoms with Gasteiger partial charge in [0.25, 0.3) is 6.43 Å². The topological polar surface area (TPSA) is 23.5 Å². The summed E-state index contributed by atoms with van der Waals surface area (Å²) in [5, 5.41) is 9.89. The van der Waals surface area contributed by atoms with Crippen LogP contribution in [0.15, 0.2) is 18.2 Å². The highest BCUT2D eigenvalue weighted by atomic mass is 19.3. The molecule has 6 heteroatoms. The number of nitrogens with zero attached hydrogens (tertiary/aromatic N) is 1. The Kier molecular flexibility index (Phi) is 5.75. The van der Waals surface area contributed by atoms with E-state index in [-0.39, 0.29) is 18.2 Å². The zero-order valence-electron chi connectivity index (χ0n) is 10.8. The van der Waals surface area contributed by atoms with Crippen LogP contribution in [0, 0.1) is 11.6 Å². The molecular formula is C13H17F4NO. The van der Waals surface area contributed by atoms with E-state index in [1.165, 1.54) is 11.0 Å². The predicted molar refractivity (Wildman–Crippen MR) is 64.0 cm³/mol. The molecule has 0 aliphatic rings. The van der Waals surface area contributed by atoms with E-state index in [0.717, 1.165) is 12.1 Å². The van der Waals surface area contributed by atoms with Crippen LogP contribution in [-0.4, -0.2) is 35.6 Å². The van der Waals surface area contributed by atoms with Gasteiger partial charge in [-0.1, -0.05) is 6.07 Å². The van der Waals surface area contributed by atoms with Gasteiger partial charge in [-0.2, -0.15) is 0 Å². The lowest BCUT2D eigenvalue weighted by Gasteiger charge is -2.28. The van der Waals surface area contributed by atoms with Crippen molar-refractivity contribution in [3.05, 3.63) is 35.4 Å². The van der Waals surface area contributed by atoms with Crippen LogP contribution in [-0.2, 0) is 0 Å². The Balaban J connectivity index is 2.75. The number of halogens is 4. The van der Waals surface area contributed by atoms with Crippen molar-refractivity contribution in [2.24, 2.45) is 0 Å². The Labute approximate surface area is 109 Å². The maximum atomic E-state index is 13.0. The molecular weight excluding hydrogens is 262 g/mol. The van der Waals surface area contributed by atoms with Crippen LogP contribution in [0.4, 0.5) is 17.6 Å². The molecule has 0 bridgehead atoms. The Morgan fingerprint density at radius 1 is 1.11 bits per heavy atom. The number of benzene rings is 1. The summed E-state index contributed by atoms with van der Waals surface area (Å²) in [6, 6.07) is 2.83. The van der Waals surface area contributed by atoms with Gasteiger partial charge in [-0.3, -0.25) is 4.90 Å². The van der Waals surface area contributed by atoms with Crippen molar-refractivity contribution < 1.29 is 22.7 Å². The molecule has 0 amide bonds. The lowest BCUT2D eigenvalue weighted by atomic mass is 10.1. The fraction of sp³-hybridized carbons (Fsp3) is 0.538.